The van der Waals surface area contributed by atoms with E-state index in [1.807, 2.05) is 12.1 Å². The van der Waals surface area contributed by atoms with Crippen LogP contribution in [-0.4, -0.2) is 0 Å². The number of fused-ring (bicyclic) bond motifs is 1. The van der Waals surface area contributed by atoms with E-state index in [4.69, 9.17) is 10.5 Å². The first kappa shape index (κ1) is 13.7. The topological polar surface area (TPSA) is 59.6 Å². The van der Waals surface area contributed by atoms with Crippen LogP contribution in [0.1, 0.15) is 34.7 Å². The molecular formula is C17H12BrN3. The molecule has 4 heteroatoms. The number of nitriles is 2. The second-order valence-electron chi connectivity index (χ2n) is 5.06. The third kappa shape index (κ3) is 2.63. The van der Waals surface area contributed by atoms with Gasteiger partial charge in [0, 0.05) is 10.2 Å². The quantitative estimate of drug-likeness (QED) is 0.888. The summed E-state index contributed by atoms with van der Waals surface area (Å²) in [7, 11) is 0. The molecule has 1 aliphatic carbocycles. The SMILES string of the molecule is N#Cc1ccc(NC2CCc3cc(Br)ccc32)cc1C#N. The fraction of sp³-hybridized carbons (Fsp3) is 0.176. The van der Waals surface area contributed by atoms with E-state index in [1.165, 1.54) is 11.1 Å². The van der Waals surface area contributed by atoms with Crippen molar-refractivity contribution >= 4 is 21.6 Å². The Hall–Kier alpha value is -2.30. The molecule has 0 amide bonds. The summed E-state index contributed by atoms with van der Waals surface area (Å²) in [6.07, 6.45) is 2.08. The molecule has 0 saturated heterocycles. The van der Waals surface area contributed by atoms with Gasteiger partial charge in [-0.3, -0.25) is 0 Å². The molecular weight excluding hydrogens is 326 g/mol. The van der Waals surface area contributed by atoms with Crippen LogP contribution in [0.4, 0.5) is 5.69 Å². The molecule has 1 unspecified atom stereocenters. The predicted octanol–water partition coefficient (Wildman–Crippen LogP) is 4.29. The summed E-state index contributed by atoms with van der Waals surface area (Å²) in [5.41, 5.74) is 4.37. The lowest BCUT2D eigenvalue weighted by atomic mass is 10.1. The van der Waals surface area contributed by atoms with E-state index in [9.17, 15) is 0 Å². The Morgan fingerprint density at radius 2 is 1.86 bits per heavy atom. The van der Waals surface area contributed by atoms with Gasteiger partial charge in [0.1, 0.15) is 12.1 Å². The number of hydrogen-bond donors (Lipinski definition) is 1. The minimum atomic E-state index is 0.257. The van der Waals surface area contributed by atoms with Gasteiger partial charge >= 0.3 is 0 Å². The summed E-state index contributed by atoms with van der Waals surface area (Å²) >= 11 is 3.50. The molecule has 2 aromatic rings. The zero-order valence-electron chi connectivity index (χ0n) is 11.2. The highest BCUT2D eigenvalue weighted by atomic mass is 79.9. The summed E-state index contributed by atoms with van der Waals surface area (Å²) in [4.78, 5) is 0. The molecule has 0 aromatic heterocycles. The van der Waals surface area contributed by atoms with Crippen molar-refractivity contribution in [3.8, 4) is 12.1 Å². The van der Waals surface area contributed by atoms with Crippen molar-refractivity contribution in [3.63, 3.8) is 0 Å². The first-order valence-electron chi connectivity index (χ1n) is 6.70. The van der Waals surface area contributed by atoms with Crippen molar-refractivity contribution in [3.05, 3.63) is 63.1 Å². The van der Waals surface area contributed by atoms with Gasteiger partial charge in [0.25, 0.3) is 0 Å². The molecule has 0 spiro atoms. The Morgan fingerprint density at radius 1 is 1.05 bits per heavy atom. The van der Waals surface area contributed by atoms with Gasteiger partial charge in [-0.25, -0.2) is 0 Å². The lowest BCUT2D eigenvalue weighted by Gasteiger charge is -2.16. The van der Waals surface area contributed by atoms with Crippen molar-refractivity contribution < 1.29 is 0 Å². The van der Waals surface area contributed by atoms with Crippen molar-refractivity contribution in [2.24, 2.45) is 0 Å². The lowest BCUT2D eigenvalue weighted by Crippen LogP contribution is -2.07. The number of anilines is 1. The third-order valence-electron chi connectivity index (χ3n) is 3.78. The molecule has 1 atom stereocenters. The number of hydrogen-bond acceptors (Lipinski definition) is 3. The number of nitrogens with zero attached hydrogens (tertiary/aromatic N) is 2. The van der Waals surface area contributed by atoms with Crippen molar-refractivity contribution in [2.75, 3.05) is 5.32 Å². The molecule has 21 heavy (non-hydrogen) atoms. The largest absolute Gasteiger partial charge is 0.378 e. The van der Waals surface area contributed by atoms with E-state index >= 15 is 0 Å². The lowest BCUT2D eigenvalue weighted by molar-refractivity contribution is 0.762. The van der Waals surface area contributed by atoms with Gasteiger partial charge in [-0.15, -0.1) is 0 Å². The first-order valence-corrected chi connectivity index (χ1v) is 7.49. The van der Waals surface area contributed by atoms with Gasteiger partial charge in [-0.2, -0.15) is 10.5 Å². The Kier molecular flexibility index (Phi) is 3.64. The second kappa shape index (κ2) is 5.60. The van der Waals surface area contributed by atoms with Crippen molar-refractivity contribution in [1.29, 1.82) is 10.5 Å². The Labute approximate surface area is 132 Å². The minimum absolute atomic E-state index is 0.257. The fourth-order valence-corrected chi connectivity index (χ4v) is 3.17. The minimum Gasteiger partial charge on any atom is -0.378 e. The molecule has 102 valence electrons. The molecule has 2 aromatic carbocycles. The molecule has 3 nitrogen and oxygen atoms in total. The van der Waals surface area contributed by atoms with Crippen LogP contribution in [0.5, 0.6) is 0 Å². The summed E-state index contributed by atoms with van der Waals surface area (Å²) in [6, 6.07) is 16.0. The number of aryl methyl sites for hydroxylation is 1. The van der Waals surface area contributed by atoms with Crippen LogP contribution in [0.15, 0.2) is 40.9 Å². The van der Waals surface area contributed by atoms with Crippen LogP contribution in [0.25, 0.3) is 0 Å². The van der Waals surface area contributed by atoms with E-state index in [-0.39, 0.29) is 6.04 Å². The standard InChI is InChI=1S/C17H12BrN3/c18-14-3-5-16-11(7-14)2-6-17(16)21-15-4-1-12(9-19)13(8-15)10-20/h1,3-5,7-8,17,21H,2,6H2. The Bertz CT molecular complexity index is 784. The average molecular weight is 338 g/mol. The maximum Gasteiger partial charge on any atom is 0.101 e. The van der Waals surface area contributed by atoms with E-state index in [2.05, 4.69) is 45.5 Å². The molecule has 3 rings (SSSR count). The third-order valence-corrected chi connectivity index (χ3v) is 4.28. The number of nitrogens with one attached hydrogen (secondary N) is 1. The second-order valence-corrected chi connectivity index (χ2v) is 5.98. The molecule has 0 saturated carbocycles. The molecule has 0 fully saturated rings. The summed E-state index contributed by atoms with van der Waals surface area (Å²) < 4.78 is 1.10. The highest BCUT2D eigenvalue weighted by molar-refractivity contribution is 9.10. The zero-order chi connectivity index (χ0) is 14.8. The van der Waals surface area contributed by atoms with Crippen molar-refractivity contribution in [2.45, 2.75) is 18.9 Å². The maximum absolute atomic E-state index is 9.09. The highest BCUT2D eigenvalue weighted by Gasteiger charge is 2.22. The smallest absolute Gasteiger partial charge is 0.101 e. The Morgan fingerprint density at radius 3 is 2.62 bits per heavy atom. The van der Waals surface area contributed by atoms with Crippen LogP contribution < -0.4 is 5.32 Å². The number of benzene rings is 2. The molecule has 1 aliphatic rings. The van der Waals surface area contributed by atoms with Gasteiger partial charge in [-0.1, -0.05) is 22.0 Å². The van der Waals surface area contributed by atoms with Crippen LogP contribution in [0.2, 0.25) is 0 Å². The monoisotopic (exact) mass is 337 g/mol. The van der Waals surface area contributed by atoms with Crippen LogP contribution >= 0.6 is 15.9 Å². The molecule has 0 radical (unpaired) electrons. The number of rotatable bonds is 2. The average Bonchev–Trinajstić information content (AvgIpc) is 2.89. The first-order chi connectivity index (χ1) is 10.2. The van der Waals surface area contributed by atoms with Gasteiger partial charge in [0.15, 0.2) is 0 Å². The number of halogens is 1. The molecule has 1 N–H and O–H groups in total. The predicted molar refractivity (Wildman–Crippen MR) is 84.7 cm³/mol. The van der Waals surface area contributed by atoms with E-state index in [0.717, 1.165) is 23.0 Å². The highest BCUT2D eigenvalue weighted by Crippen LogP contribution is 2.35. The fourth-order valence-electron chi connectivity index (χ4n) is 2.76. The van der Waals surface area contributed by atoms with Crippen LogP contribution in [0.3, 0.4) is 0 Å². The molecule has 0 aliphatic heterocycles. The van der Waals surface area contributed by atoms with E-state index < -0.39 is 0 Å². The summed E-state index contributed by atoms with van der Waals surface area (Å²) in [5, 5.41) is 21.5. The van der Waals surface area contributed by atoms with Gasteiger partial charge < -0.3 is 5.32 Å². The zero-order valence-corrected chi connectivity index (χ0v) is 12.8. The normalized spacial score (nSPS) is 15.9. The van der Waals surface area contributed by atoms with Crippen LogP contribution in [-0.2, 0) is 6.42 Å². The Balaban J connectivity index is 1.87. The summed E-state index contributed by atoms with van der Waals surface area (Å²) in [6.45, 7) is 0. The maximum atomic E-state index is 9.09. The molecule has 0 heterocycles. The van der Waals surface area contributed by atoms with E-state index in [1.54, 1.807) is 12.1 Å². The molecule has 0 bridgehead atoms. The van der Waals surface area contributed by atoms with Gasteiger partial charge in [-0.05, 0) is 54.3 Å². The van der Waals surface area contributed by atoms with Gasteiger partial charge in [0.05, 0.1) is 17.2 Å². The van der Waals surface area contributed by atoms with Gasteiger partial charge in [0.2, 0.25) is 0 Å². The van der Waals surface area contributed by atoms with Crippen molar-refractivity contribution in [1.82, 2.24) is 0 Å². The van der Waals surface area contributed by atoms with E-state index in [0.29, 0.717) is 11.1 Å². The summed E-state index contributed by atoms with van der Waals surface area (Å²) in [5.74, 6) is 0. The van der Waals surface area contributed by atoms with Crippen LogP contribution in [0, 0.1) is 22.7 Å².